The van der Waals surface area contributed by atoms with Crippen LogP contribution in [-0.2, 0) is 0 Å². The van der Waals surface area contributed by atoms with Gasteiger partial charge in [-0.15, -0.1) is 0 Å². The first-order valence-electron chi connectivity index (χ1n) is 9.07. The molecule has 1 aliphatic carbocycles. The number of piperidine rings is 1. The summed E-state index contributed by atoms with van der Waals surface area (Å²) in [7, 11) is 0. The van der Waals surface area contributed by atoms with Crippen LogP contribution in [0.25, 0.3) is 0 Å². The fraction of sp³-hybridized carbons (Fsp3) is 0.684. The molecule has 1 aromatic carbocycles. The topological polar surface area (TPSA) is 35.5 Å². The zero-order valence-corrected chi connectivity index (χ0v) is 14.0. The Balaban J connectivity index is 1.46. The predicted octanol–water partition coefficient (Wildman–Crippen LogP) is 3.24. The Morgan fingerprint density at radius 2 is 1.70 bits per heavy atom. The van der Waals surface area contributed by atoms with E-state index in [-0.39, 0.29) is 11.9 Å². The molecule has 1 aromatic rings. The number of hydrogen-bond donors (Lipinski definition) is 2. The Hall–Kier alpha value is -0.970. The number of likely N-dealkylation sites (tertiary alicyclic amines) is 1. The molecule has 0 amide bonds. The zero-order valence-electron chi connectivity index (χ0n) is 14.0. The van der Waals surface area contributed by atoms with E-state index in [1.54, 1.807) is 12.1 Å². The molecule has 3 nitrogen and oxygen atoms in total. The molecule has 1 saturated heterocycles. The number of hydrogen-bond acceptors (Lipinski definition) is 3. The average molecular weight is 320 g/mol. The molecule has 1 saturated carbocycles. The van der Waals surface area contributed by atoms with Crippen molar-refractivity contribution in [1.82, 2.24) is 10.2 Å². The van der Waals surface area contributed by atoms with Crippen molar-refractivity contribution in [2.45, 2.75) is 69.7 Å². The van der Waals surface area contributed by atoms with Crippen molar-refractivity contribution >= 4 is 0 Å². The molecule has 4 heteroatoms. The second-order valence-corrected chi connectivity index (χ2v) is 7.20. The Labute approximate surface area is 138 Å². The van der Waals surface area contributed by atoms with E-state index in [4.69, 9.17) is 0 Å². The highest BCUT2D eigenvalue weighted by molar-refractivity contribution is 5.19. The molecule has 3 rings (SSSR count). The van der Waals surface area contributed by atoms with Gasteiger partial charge in [-0.3, -0.25) is 0 Å². The van der Waals surface area contributed by atoms with Crippen LogP contribution in [-0.4, -0.2) is 41.2 Å². The van der Waals surface area contributed by atoms with Gasteiger partial charge in [0.15, 0.2) is 0 Å². The lowest BCUT2D eigenvalue weighted by Gasteiger charge is -2.37. The van der Waals surface area contributed by atoms with Crippen LogP contribution in [0.1, 0.15) is 57.1 Å². The number of aliphatic hydroxyl groups excluding tert-OH is 1. The molecule has 1 aliphatic heterocycles. The number of halogens is 1. The molecular weight excluding hydrogens is 291 g/mol. The van der Waals surface area contributed by atoms with Gasteiger partial charge in [-0.25, -0.2) is 4.39 Å². The maximum atomic E-state index is 13.0. The third-order valence-corrected chi connectivity index (χ3v) is 5.55. The van der Waals surface area contributed by atoms with Crippen LogP contribution in [0.2, 0.25) is 0 Å². The Kier molecular flexibility index (Phi) is 5.67. The molecule has 128 valence electrons. The van der Waals surface area contributed by atoms with Gasteiger partial charge in [-0.05, 0) is 63.4 Å². The van der Waals surface area contributed by atoms with Gasteiger partial charge in [0.05, 0.1) is 6.10 Å². The molecule has 0 unspecified atom stereocenters. The standard InChI is InChI=1S/C19H29FN2O/c1-14(19(23)15-6-8-16(20)9-7-15)21-17-10-12-22(13-11-17)18-4-2-3-5-18/h6-9,14,17-19,21,23H,2-5,10-13H2,1H3/t14-,19+/m0/s1. The molecule has 0 aromatic heterocycles. The summed E-state index contributed by atoms with van der Waals surface area (Å²) in [5, 5.41) is 14.0. The van der Waals surface area contributed by atoms with E-state index in [2.05, 4.69) is 10.2 Å². The third-order valence-electron chi connectivity index (χ3n) is 5.55. The van der Waals surface area contributed by atoms with Crippen molar-refractivity contribution in [3.63, 3.8) is 0 Å². The molecule has 2 fully saturated rings. The van der Waals surface area contributed by atoms with E-state index in [0.717, 1.165) is 24.4 Å². The van der Waals surface area contributed by atoms with Gasteiger partial charge in [-0.1, -0.05) is 25.0 Å². The molecule has 2 N–H and O–H groups in total. The summed E-state index contributed by atoms with van der Waals surface area (Å²) < 4.78 is 13.0. The summed E-state index contributed by atoms with van der Waals surface area (Å²) in [5.41, 5.74) is 0.773. The second kappa shape index (κ2) is 7.73. The summed E-state index contributed by atoms with van der Waals surface area (Å²) >= 11 is 0. The van der Waals surface area contributed by atoms with Gasteiger partial charge < -0.3 is 15.3 Å². The number of nitrogens with one attached hydrogen (secondary N) is 1. The van der Waals surface area contributed by atoms with Crippen molar-refractivity contribution in [3.8, 4) is 0 Å². The van der Waals surface area contributed by atoms with Crippen LogP contribution >= 0.6 is 0 Å². The summed E-state index contributed by atoms with van der Waals surface area (Å²) in [6.07, 6.45) is 7.24. The van der Waals surface area contributed by atoms with E-state index in [0.29, 0.717) is 6.04 Å². The van der Waals surface area contributed by atoms with E-state index in [1.165, 1.54) is 50.9 Å². The predicted molar refractivity (Wildman–Crippen MR) is 90.8 cm³/mol. The zero-order chi connectivity index (χ0) is 16.2. The molecule has 23 heavy (non-hydrogen) atoms. The molecule has 0 bridgehead atoms. The lowest BCUT2D eigenvalue weighted by Crippen LogP contribution is -2.49. The SMILES string of the molecule is C[C@H](NC1CCN(C2CCCC2)CC1)[C@@H](O)c1ccc(F)cc1. The number of aliphatic hydroxyl groups is 1. The summed E-state index contributed by atoms with van der Waals surface area (Å²) in [4.78, 5) is 2.66. The normalized spacial score (nSPS) is 24.0. The van der Waals surface area contributed by atoms with Crippen LogP contribution in [0.5, 0.6) is 0 Å². The summed E-state index contributed by atoms with van der Waals surface area (Å²) in [6.45, 7) is 4.35. The minimum Gasteiger partial charge on any atom is -0.387 e. The monoisotopic (exact) mass is 320 g/mol. The first-order valence-corrected chi connectivity index (χ1v) is 9.07. The molecule has 0 spiro atoms. The number of benzene rings is 1. The molecule has 1 heterocycles. The fourth-order valence-electron chi connectivity index (χ4n) is 4.11. The van der Waals surface area contributed by atoms with Gasteiger partial charge in [0, 0.05) is 18.1 Å². The lowest BCUT2D eigenvalue weighted by molar-refractivity contribution is 0.104. The van der Waals surface area contributed by atoms with Gasteiger partial charge in [0.2, 0.25) is 0 Å². The van der Waals surface area contributed by atoms with Gasteiger partial charge in [0.1, 0.15) is 5.82 Å². The van der Waals surface area contributed by atoms with Crippen LogP contribution in [0.15, 0.2) is 24.3 Å². The van der Waals surface area contributed by atoms with E-state index < -0.39 is 6.10 Å². The van der Waals surface area contributed by atoms with E-state index in [1.807, 2.05) is 6.92 Å². The van der Waals surface area contributed by atoms with Gasteiger partial charge in [-0.2, -0.15) is 0 Å². The minimum atomic E-state index is -0.594. The maximum absolute atomic E-state index is 13.0. The minimum absolute atomic E-state index is 0.0245. The van der Waals surface area contributed by atoms with E-state index in [9.17, 15) is 9.50 Å². The van der Waals surface area contributed by atoms with Crippen molar-refractivity contribution in [3.05, 3.63) is 35.6 Å². The van der Waals surface area contributed by atoms with Crippen molar-refractivity contribution < 1.29 is 9.50 Å². The highest BCUT2D eigenvalue weighted by Gasteiger charge is 2.28. The van der Waals surface area contributed by atoms with Gasteiger partial charge >= 0.3 is 0 Å². The van der Waals surface area contributed by atoms with Crippen molar-refractivity contribution in [1.29, 1.82) is 0 Å². The Morgan fingerprint density at radius 3 is 2.30 bits per heavy atom. The van der Waals surface area contributed by atoms with Gasteiger partial charge in [0.25, 0.3) is 0 Å². The lowest BCUT2D eigenvalue weighted by atomic mass is 9.98. The van der Waals surface area contributed by atoms with Crippen LogP contribution in [0, 0.1) is 5.82 Å². The molecule has 0 radical (unpaired) electrons. The molecule has 2 atom stereocenters. The first kappa shape index (κ1) is 16.9. The number of nitrogens with zero attached hydrogens (tertiary/aromatic N) is 1. The van der Waals surface area contributed by atoms with Crippen LogP contribution < -0.4 is 5.32 Å². The Morgan fingerprint density at radius 1 is 1.09 bits per heavy atom. The van der Waals surface area contributed by atoms with Crippen molar-refractivity contribution in [2.24, 2.45) is 0 Å². The maximum Gasteiger partial charge on any atom is 0.123 e. The summed E-state index contributed by atoms with van der Waals surface area (Å²) in [6, 6.07) is 7.41. The Bertz CT molecular complexity index is 479. The third kappa shape index (κ3) is 4.31. The first-order chi connectivity index (χ1) is 11.1. The highest BCUT2D eigenvalue weighted by Crippen LogP contribution is 2.26. The highest BCUT2D eigenvalue weighted by atomic mass is 19.1. The smallest absolute Gasteiger partial charge is 0.123 e. The van der Waals surface area contributed by atoms with Crippen LogP contribution in [0.3, 0.4) is 0 Å². The second-order valence-electron chi connectivity index (χ2n) is 7.20. The quantitative estimate of drug-likeness (QED) is 0.874. The summed E-state index contributed by atoms with van der Waals surface area (Å²) in [5.74, 6) is -0.263. The molecule has 2 aliphatic rings. The number of rotatable bonds is 5. The van der Waals surface area contributed by atoms with Crippen LogP contribution in [0.4, 0.5) is 4.39 Å². The van der Waals surface area contributed by atoms with Crippen molar-refractivity contribution in [2.75, 3.05) is 13.1 Å². The fourth-order valence-corrected chi connectivity index (χ4v) is 4.11. The largest absolute Gasteiger partial charge is 0.387 e. The average Bonchev–Trinajstić information content (AvgIpc) is 3.10. The molecular formula is C19H29FN2O. The van der Waals surface area contributed by atoms with E-state index >= 15 is 0 Å².